The summed E-state index contributed by atoms with van der Waals surface area (Å²) in [5, 5.41) is 8.80. The fraction of sp³-hybridized carbons (Fsp3) is 0.800. The SMILES string of the molecule is COCCC(N)C(=O)N1CCC(C(=O)O)C1. The normalized spacial score (nSPS) is 22.1. The zero-order valence-corrected chi connectivity index (χ0v) is 9.39. The molecule has 1 aliphatic rings. The maximum atomic E-state index is 11.8. The predicted molar refractivity (Wildman–Crippen MR) is 56.8 cm³/mol. The number of carbonyl (C=O) groups excluding carboxylic acids is 1. The highest BCUT2D eigenvalue weighted by Crippen LogP contribution is 2.17. The van der Waals surface area contributed by atoms with Crippen molar-refractivity contribution < 1.29 is 19.4 Å². The van der Waals surface area contributed by atoms with Crippen molar-refractivity contribution in [3.8, 4) is 0 Å². The van der Waals surface area contributed by atoms with Gasteiger partial charge in [0.05, 0.1) is 12.0 Å². The van der Waals surface area contributed by atoms with Gasteiger partial charge in [0.1, 0.15) is 0 Å². The van der Waals surface area contributed by atoms with Crippen LogP contribution in [-0.2, 0) is 14.3 Å². The lowest BCUT2D eigenvalue weighted by Crippen LogP contribution is -2.43. The minimum absolute atomic E-state index is 0.180. The molecule has 1 amide bonds. The first-order valence-corrected chi connectivity index (χ1v) is 5.32. The fourth-order valence-electron chi connectivity index (χ4n) is 1.76. The summed E-state index contributed by atoms with van der Waals surface area (Å²) in [6, 6.07) is -0.590. The Bertz CT molecular complexity index is 270. The number of aliphatic carboxylic acids is 1. The highest BCUT2D eigenvalue weighted by atomic mass is 16.5. The van der Waals surface area contributed by atoms with Gasteiger partial charge in [-0.15, -0.1) is 0 Å². The van der Waals surface area contributed by atoms with Gasteiger partial charge in [-0.2, -0.15) is 0 Å². The predicted octanol–water partition coefficient (Wildman–Crippen LogP) is -0.717. The van der Waals surface area contributed by atoms with Gasteiger partial charge in [-0.1, -0.05) is 0 Å². The Morgan fingerprint density at radius 2 is 2.31 bits per heavy atom. The summed E-state index contributed by atoms with van der Waals surface area (Å²) >= 11 is 0. The molecule has 0 aromatic heterocycles. The Hall–Kier alpha value is -1.14. The lowest BCUT2D eigenvalue weighted by molar-refractivity contribution is -0.141. The summed E-state index contributed by atoms with van der Waals surface area (Å²) < 4.78 is 4.84. The Balaban J connectivity index is 2.41. The van der Waals surface area contributed by atoms with E-state index in [-0.39, 0.29) is 12.5 Å². The first kappa shape index (κ1) is 12.9. The molecule has 6 heteroatoms. The van der Waals surface area contributed by atoms with Gasteiger partial charge in [-0.3, -0.25) is 9.59 Å². The largest absolute Gasteiger partial charge is 0.481 e. The molecule has 1 heterocycles. The molecule has 0 aromatic carbocycles. The number of methoxy groups -OCH3 is 1. The number of ether oxygens (including phenoxy) is 1. The van der Waals surface area contributed by atoms with Crippen molar-refractivity contribution in [2.75, 3.05) is 26.8 Å². The van der Waals surface area contributed by atoms with E-state index in [0.717, 1.165) is 0 Å². The van der Waals surface area contributed by atoms with Gasteiger partial charge in [-0.25, -0.2) is 0 Å². The number of nitrogens with two attached hydrogens (primary N) is 1. The zero-order valence-electron chi connectivity index (χ0n) is 9.39. The van der Waals surface area contributed by atoms with E-state index in [4.69, 9.17) is 15.6 Å². The molecule has 2 atom stereocenters. The Morgan fingerprint density at radius 3 is 2.81 bits per heavy atom. The summed E-state index contributed by atoms with van der Waals surface area (Å²) in [5.74, 6) is -1.47. The first-order chi connectivity index (χ1) is 7.56. The molecule has 0 aromatic rings. The maximum absolute atomic E-state index is 11.8. The average molecular weight is 230 g/mol. The van der Waals surface area contributed by atoms with Crippen LogP contribution in [0.15, 0.2) is 0 Å². The number of carboxylic acid groups (broad SMARTS) is 1. The van der Waals surface area contributed by atoms with Crippen molar-refractivity contribution in [3.05, 3.63) is 0 Å². The fourth-order valence-corrected chi connectivity index (χ4v) is 1.76. The monoisotopic (exact) mass is 230 g/mol. The molecular formula is C10H18N2O4. The molecular weight excluding hydrogens is 212 g/mol. The van der Waals surface area contributed by atoms with Crippen LogP contribution in [0.3, 0.4) is 0 Å². The summed E-state index contributed by atoms with van der Waals surface area (Å²) in [5.41, 5.74) is 5.69. The molecule has 92 valence electrons. The molecule has 0 radical (unpaired) electrons. The summed E-state index contributed by atoms with van der Waals surface area (Å²) in [6.45, 7) is 1.19. The van der Waals surface area contributed by atoms with E-state index in [1.165, 1.54) is 4.90 Å². The van der Waals surface area contributed by atoms with Gasteiger partial charge in [-0.05, 0) is 12.8 Å². The summed E-state index contributed by atoms with van der Waals surface area (Å²) in [7, 11) is 1.55. The lowest BCUT2D eigenvalue weighted by atomic mass is 10.1. The van der Waals surface area contributed by atoms with Gasteiger partial charge in [0.25, 0.3) is 0 Å². The van der Waals surface area contributed by atoms with Crippen LogP contribution >= 0.6 is 0 Å². The van der Waals surface area contributed by atoms with Crippen molar-refractivity contribution in [3.63, 3.8) is 0 Å². The highest BCUT2D eigenvalue weighted by Gasteiger charge is 2.32. The van der Waals surface area contributed by atoms with E-state index in [9.17, 15) is 9.59 Å². The van der Waals surface area contributed by atoms with Crippen molar-refractivity contribution in [1.82, 2.24) is 4.90 Å². The zero-order chi connectivity index (χ0) is 12.1. The molecule has 0 saturated carbocycles. The quantitative estimate of drug-likeness (QED) is 0.650. The third-order valence-corrected chi connectivity index (χ3v) is 2.80. The number of hydrogen-bond acceptors (Lipinski definition) is 4. The second kappa shape index (κ2) is 5.81. The summed E-state index contributed by atoms with van der Waals surface area (Å²) in [6.07, 6.45) is 0.974. The number of carbonyl (C=O) groups is 2. The lowest BCUT2D eigenvalue weighted by Gasteiger charge is -2.20. The minimum atomic E-state index is -0.847. The van der Waals surface area contributed by atoms with Crippen LogP contribution in [-0.4, -0.2) is 54.7 Å². The van der Waals surface area contributed by atoms with Crippen LogP contribution in [0.2, 0.25) is 0 Å². The van der Waals surface area contributed by atoms with E-state index in [0.29, 0.717) is 26.0 Å². The van der Waals surface area contributed by atoms with Crippen LogP contribution in [0.4, 0.5) is 0 Å². The molecule has 0 spiro atoms. The van der Waals surface area contributed by atoms with E-state index in [1.807, 2.05) is 0 Å². The van der Waals surface area contributed by atoms with Crippen LogP contribution in [0.1, 0.15) is 12.8 Å². The van der Waals surface area contributed by atoms with Gasteiger partial charge < -0.3 is 20.5 Å². The van der Waals surface area contributed by atoms with E-state index in [1.54, 1.807) is 7.11 Å². The molecule has 16 heavy (non-hydrogen) atoms. The number of nitrogens with zero attached hydrogens (tertiary/aromatic N) is 1. The van der Waals surface area contributed by atoms with Gasteiger partial charge in [0.15, 0.2) is 0 Å². The van der Waals surface area contributed by atoms with Gasteiger partial charge in [0, 0.05) is 26.8 Å². The van der Waals surface area contributed by atoms with Crippen molar-refractivity contribution in [2.45, 2.75) is 18.9 Å². The Labute approximate surface area is 94.3 Å². The van der Waals surface area contributed by atoms with E-state index in [2.05, 4.69) is 0 Å². The summed E-state index contributed by atoms with van der Waals surface area (Å²) in [4.78, 5) is 24.0. The minimum Gasteiger partial charge on any atom is -0.481 e. The molecule has 1 aliphatic heterocycles. The number of carboxylic acids is 1. The van der Waals surface area contributed by atoms with Crippen LogP contribution in [0.25, 0.3) is 0 Å². The number of hydrogen-bond donors (Lipinski definition) is 2. The molecule has 6 nitrogen and oxygen atoms in total. The molecule has 0 aliphatic carbocycles. The molecule has 0 bridgehead atoms. The Kier molecular flexibility index (Phi) is 4.70. The topological polar surface area (TPSA) is 92.9 Å². The smallest absolute Gasteiger partial charge is 0.308 e. The highest BCUT2D eigenvalue weighted by molar-refractivity contribution is 5.83. The van der Waals surface area contributed by atoms with Crippen molar-refractivity contribution in [1.29, 1.82) is 0 Å². The van der Waals surface area contributed by atoms with Crippen LogP contribution in [0.5, 0.6) is 0 Å². The third kappa shape index (κ3) is 3.18. The van der Waals surface area contributed by atoms with Gasteiger partial charge >= 0.3 is 5.97 Å². The van der Waals surface area contributed by atoms with Gasteiger partial charge in [0.2, 0.25) is 5.91 Å². The molecule has 3 N–H and O–H groups in total. The second-order valence-corrected chi connectivity index (χ2v) is 4.00. The maximum Gasteiger partial charge on any atom is 0.308 e. The van der Waals surface area contributed by atoms with Crippen molar-refractivity contribution >= 4 is 11.9 Å². The van der Waals surface area contributed by atoms with E-state index >= 15 is 0 Å². The number of rotatable bonds is 5. The third-order valence-electron chi connectivity index (χ3n) is 2.80. The first-order valence-electron chi connectivity index (χ1n) is 5.32. The number of amides is 1. The number of likely N-dealkylation sites (tertiary alicyclic amines) is 1. The molecule has 1 fully saturated rings. The van der Waals surface area contributed by atoms with Crippen molar-refractivity contribution in [2.24, 2.45) is 11.7 Å². The van der Waals surface area contributed by atoms with Crippen LogP contribution in [0, 0.1) is 5.92 Å². The standard InChI is InChI=1S/C10H18N2O4/c1-16-5-3-8(11)9(13)12-4-2-7(6-12)10(14)15/h7-8H,2-6,11H2,1H3,(H,14,15). The Morgan fingerprint density at radius 1 is 1.62 bits per heavy atom. The van der Waals surface area contributed by atoms with E-state index < -0.39 is 17.9 Å². The molecule has 1 saturated heterocycles. The second-order valence-electron chi connectivity index (χ2n) is 4.00. The average Bonchev–Trinajstić information content (AvgIpc) is 2.74. The molecule has 1 rings (SSSR count). The van der Waals surface area contributed by atoms with Crippen LogP contribution < -0.4 is 5.73 Å². The molecule has 2 unspecified atom stereocenters.